The molecule has 1 heterocycles. The van der Waals surface area contributed by atoms with E-state index in [-0.39, 0.29) is 39.5 Å². The fraction of sp³-hybridized carbons (Fsp3) is 0.167. The highest BCUT2D eigenvalue weighted by Gasteiger charge is 2.30. The molecule has 0 saturated heterocycles. The number of nitrogens with one attached hydrogen (secondary N) is 2. The lowest BCUT2D eigenvalue weighted by Crippen LogP contribution is -2.14. The Labute approximate surface area is 148 Å². The fourth-order valence-corrected chi connectivity index (χ4v) is 3.08. The molecule has 2 aromatic rings. The summed E-state index contributed by atoms with van der Waals surface area (Å²) in [6.07, 6.45) is 0.412. The van der Waals surface area contributed by atoms with Gasteiger partial charge in [0.05, 0.1) is 40.9 Å². The minimum atomic E-state index is -1.24. The number of benzene rings is 2. The van der Waals surface area contributed by atoms with Gasteiger partial charge in [-0.25, -0.2) is 4.79 Å². The number of carboxylic acids is 1. The van der Waals surface area contributed by atoms with Crippen molar-refractivity contribution >= 4 is 35.2 Å². The van der Waals surface area contributed by atoms with Crippen LogP contribution >= 0.6 is 0 Å². The highest BCUT2D eigenvalue weighted by Crippen LogP contribution is 2.43. The number of phenols is 1. The van der Waals surface area contributed by atoms with Gasteiger partial charge in [0.1, 0.15) is 11.5 Å². The Bertz CT molecular complexity index is 981. The van der Waals surface area contributed by atoms with E-state index in [1.807, 2.05) is 0 Å². The van der Waals surface area contributed by atoms with Crippen LogP contribution in [0, 0.1) is 13.8 Å². The van der Waals surface area contributed by atoms with Crippen molar-refractivity contribution in [3.05, 3.63) is 39.9 Å². The van der Waals surface area contributed by atoms with Gasteiger partial charge < -0.3 is 25.6 Å². The third-order valence-electron chi connectivity index (χ3n) is 4.37. The summed E-state index contributed by atoms with van der Waals surface area (Å²) in [5, 5.41) is 25.2. The predicted molar refractivity (Wildman–Crippen MR) is 94.2 cm³/mol. The van der Waals surface area contributed by atoms with Gasteiger partial charge in [0.2, 0.25) is 0 Å². The number of phenolic OH excluding ortho intramolecular Hbond substituents is 1. The van der Waals surface area contributed by atoms with Crippen LogP contribution in [0.3, 0.4) is 0 Å². The summed E-state index contributed by atoms with van der Waals surface area (Å²) in [7, 11) is 1.40. The van der Waals surface area contributed by atoms with Crippen molar-refractivity contribution in [2.45, 2.75) is 13.8 Å². The zero-order valence-electron chi connectivity index (χ0n) is 14.3. The van der Waals surface area contributed by atoms with Gasteiger partial charge in [0.15, 0.2) is 6.29 Å². The summed E-state index contributed by atoms with van der Waals surface area (Å²) in [4.78, 5) is 35.9. The molecule has 0 spiro atoms. The lowest BCUT2D eigenvalue weighted by Gasteiger charge is -2.18. The molecule has 3 rings (SSSR count). The van der Waals surface area contributed by atoms with Gasteiger partial charge in [0.25, 0.3) is 5.91 Å². The maximum atomic E-state index is 12.8. The second-order valence-corrected chi connectivity index (χ2v) is 5.88. The highest BCUT2D eigenvalue weighted by atomic mass is 16.5. The number of aromatic carboxylic acids is 1. The van der Waals surface area contributed by atoms with Crippen LogP contribution in [0.25, 0.3) is 0 Å². The largest absolute Gasteiger partial charge is 0.507 e. The first kappa shape index (κ1) is 17.3. The Hall–Kier alpha value is -3.55. The summed E-state index contributed by atoms with van der Waals surface area (Å²) < 4.78 is 5.20. The molecule has 134 valence electrons. The molecular weight excluding hydrogens is 340 g/mol. The SMILES string of the molecule is COc1cc(C(=O)O)c2c(c1C)NC(=O)c1c(C)cc(O)c(C=O)c1N2. The molecule has 2 aromatic carbocycles. The molecular formula is C18H16N2O6. The van der Waals surface area contributed by atoms with Crippen LogP contribution in [0.2, 0.25) is 0 Å². The molecule has 1 aliphatic heterocycles. The van der Waals surface area contributed by atoms with E-state index in [2.05, 4.69) is 10.6 Å². The van der Waals surface area contributed by atoms with Crippen LogP contribution in [0.1, 0.15) is 42.2 Å². The molecule has 4 N–H and O–H groups in total. The second-order valence-electron chi connectivity index (χ2n) is 5.88. The van der Waals surface area contributed by atoms with Crippen LogP contribution in [-0.2, 0) is 0 Å². The number of hydrogen-bond acceptors (Lipinski definition) is 6. The normalized spacial score (nSPS) is 12.2. The number of ether oxygens (including phenoxy) is 1. The van der Waals surface area contributed by atoms with E-state index >= 15 is 0 Å². The van der Waals surface area contributed by atoms with Gasteiger partial charge in [-0.3, -0.25) is 9.59 Å². The predicted octanol–water partition coefficient (Wildman–Crippen LogP) is 2.84. The van der Waals surface area contributed by atoms with E-state index in [1.165, 1.54) is 19.2 Å². The second kappa shape index (κ2) is 6.07. The van der Waals surface area contributed by atoms with Gasteiger partial charge in [-0.2, -0.15) is 0 Å². The molecule has 0 unspecified atom stereocenters. The van der Waals surface area contributed by atoms with Crippen molar-refractivity contribution in [2.75, 3.05) is 17.7 Å². The summed E-state index contributed by atoms with van der Waals surface area (Å²) in [6, 6.07) is 2.64. The molecule has 26 heavy (non-hydrogen) atoms. The minimum absolute atomic E-state index is 0.0563. The number of aldehydes is 1. The van der Waals surface area contributed by atoms with Crippen LogP contribution in [0.5, 0.6) is 11.5 Å². The standard InChI is InChI=1S/C18H16N2O6/c1-7-4-11(22)10(6-21)15-13(7)17(23)20-14-8(2)12(26-3)5-9(18(24)25)16(14)19-15/h4-6,19,22H,1-3H3,(H,20,23)(H,24,25). The van der Waals surface area contributed by atoms with Gasteiger partial charge in [-0.15, -0.1) is 0 Å². The molecule has 0 aliphatic carbocycles. The molecule has 8 nitrogen and oxygen atoms in total. The summed E-state index contributed by atoms with van der Waals surface area (Å²) in [6.45, 7) is 3.28. The zero-order valence-corrected chi connectivity index (χ0v) is 14.3. The van der Waals surface area contributed by atoms with Crippen molar-refractivity contribution in [3.8, 4) is 11.5 Å². The molecule has 0 fully saturated rings. The molecule has 1 aliphatic rings. The van der Waals surface area contributed by atoms with Crippen LogP contribution in [0.15, 0.2) is 12.1 Å². The van der Waals surface area contributed by atoms with E-state index < -0.39 is 11.9 Å². The number of rotatable bonds is 3. The van der Waals surface area contributed by atoms with Gasteiger partial charge in [-0.1, -0.05) is 0 Å². The van der Waals surface area contributed by atoms with E-state index in [0.717, 1.165) is 0 Å². The highest BCUT2D eigenvalue weighted by molar-refractivity contribution is 6.18. The fourth-order valence-electron chi connectivity index (χ4n) is 3.08. The number of methoxy groups -OCH3 is 1. The Balaban J connectivity index is 2.40. The first-order valence-corrected chi connectivity index (χ1v) is 7.65. The van der Waals surface area contributed by atoms with Crippen molar-refractivity contribution in [1.82, 2.24) is 0 Å². The Morgan fingerprint density at radius 2 is 1.85 bits per heavy atom. The van der Waals surface area contributed by atoms with Gasteiger partial charge in [0, 0.05) is 5.56 Å². The maximum Gasteiger partial charge on any atom is 0.338 e. The summed E-state index contributed by atoms with van der Waals surface area (Å²) in [5.74, 6) is -1.78. The lowest BCUT2D eigenvalue weighted by molar-refractivity contribution is 0.0697. The monoisotopic (exact) mass is 356 g/mol. The van der Waals surface area contributed by atoms with Gasteiger partial charge >= 0.3 is 5.97 Å². The molecule has 0 radical (unpaired) electrons. The summed E-state index contributed by atoms with van der Waals surface area (Å²) in [5.41, 5.74) is 1.23. The van der Waals surface area contributed by atoms with Crippen LogP contribution in [-0.4, -0.2) is 35.5 Å². The zero-order chi connectivity index (χ0) is 19.2. The van der Waals surface area contributed by atoms with E-state index in [4.69, 9.17) is 4.74 Å². The number of amides is 1. The van der Waals surface area contributed by atoms with Crippen molar-refractivity contribution in [1.29, 1.82) is 0 Å². The number of anilines is 3. The number of hydrogen-bond donors (Lipinski definition) is 4. The van der Waals surface area contributed by atoms with E-state index in [9.17, 15) is 24.6 Å². The Kier molecular flexibility index (Phi) is 4.03. The van der Waals surface area contributed by atoms with E-state index in [1.54, 1.807) is 13.8 Å². The maximum absolute atomic E-state index is 12.8. The number of aromatic hydroxyl groups is 1. The van der Waals surface area contributed by atoms with Crippen LogP contribution in [0.4, 0.5) is 17.1 Å². The number of carbonyl (C=O) groups excluding carboxylic acids is 2. The van der Waals surface area contributed by atoms with E-state index in [0.29, 0.717) is 23.2 Å². The smallest absolute Gasteiger partial charge is 0.338 e. The molecule has 0 saturated carbocycles. The molecule has 8 heteroatoms. The van der Waals surface area contributed by atoms with Crippen molar-refractivity contribution in [2.24, 2.45) is 0 Å². The molecule has 0 aromatic heterocycles. The van der Waals surface area contributed by atoms with Crippen molar-refractivity contribution in [3.63, 3.8) is 0 Å². The quantitative estimate of drug-likeness (QED) is 0.623. The first-order valence-electron chi connectivity index (χ1n) is 7.65. The number of carboxylic acid groups (broad SMARTS) is 1. The molecule has 0 bridgehead atoms. The molecule has 1 amide bonds. The Morgan fingerprint density at radius 3 is 2.42 bits per heavy atom. The van der Waals surface area contributed by atoms with Crippen LogP contribution < -0.4 is 15.4 Å². The first-order chi connectivity index (χ1) is 12.3. The number of carbonyl (C=O) groups is 3. The van der Waals surface area contributed by atoms with Gasteiger partial charge in [-0.05, 0) is 31.5 Å². The number of aryl methyl sites for hydroxylation is 1. The summed E-state index contributed by atoms with van der Waals surface area (Å²) >= 11 is 0. The van der Waals surface area contributed by atoms with Crippen molar-refractivity contribution < 1.29 is 29.3 Å². The topological polar surface area (TPSA) is 125 Å². The Morgan fingerprint density at radius 1 is 1.15 bits per heavy atom. The average molecular weight is 356 g/mol. The third-order valence-corrected chi connectivity index (χ3v) is 4.37. The minimum Gasteiger partial charge on any atom is -0.507 e. The molecule has 0 atom stereocenters. The number of fused-ring (bicyclic) bond motifs is 2. The lowest BCUT2D eigenvalue weighted by atomic mass is 10.00. The third kappa shape index (κ3) is 2.43. The average Bonchev–Trinajstić information content (AvgIpc) is 2.72.